The summed E-state index contributed by atoms with van der Waals surface area (Å²) >= 11 is 0. The second kappa shape index (κ2) is 6.73. The van der Waals surface area contributed by atoms with Gasteiger partial charge in [0.1, 0.15) is 5.69 Å². The zero-order chi connectivity index (χ0) is 15.2. The van der Waals surface area contributed by atoms with E-state index in [9.17, 15) is 22.8 Å². The third-order valence-corrected chi connectivity index (χ3v) is 2.16. The molecule has 0 aliphatic carbocycles. The molecule has 0 aliphatic heterocycles. The Morgan fingerprint density at radius 1 is 1.30 bits per heavy atom. The summed E-state index contributed by atoms with van der Waals surface area (Å²) in [5, 5.41) is 13.2. The summed E-state index contributed by atoms with van der Waals surface area (Å²) in [5.74, 6) is -1.20. The molecular weight excluding hydrogens is 279 g/mol. The zero-order valence-electron chi connectivity index (χ0n) is 10.2. The molecule has 110 valence electrons. The summed E-state index contributed by atoms with van der Waals surface area (Å²) in [5.41, 5.74) is 0.0597. The molecule has 0 saturated carbocycles. The summed E-state index contributed by atoms with van der Waals surface area (Å²) < 4.78 is 35.5. The number of amides is 2. The van der Waals surface area contributed by atoms with Crippen molar-refractivity contribution in [3.05, 3.63) is 24.0 Å². The molecule has 9 heteroatoms. The lowest BCUT2D eigenvalue weighted by Gasteiger charge is -2.08. The predicted molar refractivity (Wildman–Crippen MR) is 63.5 cm³/mol. The fourth-order valence-corrected chi connectivity index (χ4v) is 1.26. The van der Waals surface area contributed by atoms with Crippen LogP contribution in [0.3, 0.4) is 0 Å². The van der Waals surface area contributed by atoms with E-state index in [0.29, 0.717) is 0 Å². The van der Waals surface area contributed by atoms with Gasteiger partial charge in [0, 0.05) is 13.0 Å². The molecule has 0 aliphatic rings. The van der Waals surface area contributed by atoms with Crippen molar-refractivity contribution in [3.8, 4) is 0 Å². The Kier molecular flexibility index (Phi) is 5.30. The lowest BCUT2D eigenvalue weighted by Crippen LogP contribution is -2.30. The second-order valence-corrected chi connectivity index (χ2v) is 3.84. The average molecular weight is 291 g/mol. The van der Waals surface area contributed by atoms with E-state index in [1.54, 1.807) is 0 Å². The number of carbonyl (C=O) groups is 2. The Hall–Kier alpha value is -2.32. The lowest BCUT2D eigenvalue weighted by molar-refractivity contribution is -0.135. The van der Waals surface area contributed by atoms with Gasteiger partial charge in [-0.3, -0.25) is 0 Å². The minimum absolute atomic E-state index is 0.119. The zero-order valence-corrected chi connectivity index (χ0v) is 10.2. The molecule has 1 aromatic rings. The van der Waals surface area contributed by atoms with Crippen molar-refractivity contribution in [2.45, 2.75) is 19.0 Å². The lowest BCUT2D eigenvalue weighted by atomic mass is 10.3. The molecule has 0 fully saturated rings. The van der Waals surface area contributed by atoms with Crippen molar-refractivity contribution in [3.63, 3.8) is 0 Å². The van der Waals surface area contributed by atoms with E-state index in [1.807, 2.05) is 0 Å². The third kappa shape index (κ3) is 6.03. The van der Waals surface area contributed by atoms with E-state index < -0.39 is 24.6 Å². The van der Waals surface area contributed by atoms with Gasteiger partial charge in [0.15, 0.2) is 0 Å². The topological polar surface area (TPSA) is 91.3 Å². The Morgan fingerprint density at radius 3 is 2.50 bits per heavy atom. The molecule has 0 bridgehead atoms. The number of hydrogen-bond acceptors (Lipinski definition) is 3. The largest absolute Gasteiger partial charge is 0.477 e. The van der Waals surface area contributed by atoms with Crippen LogP contribution >= 0.6 is 0 Å². The molecular formula is C11H12F3N3O3. The number of hydrogen-bond donors (Lipinski definition) is 3. The minimum atomic E-state index is -4.24. The van der Waals surface area contributed by atoms with Crippen molar-refractivity contribution in [2.75, 3.05) is 11.9 Å². The first kappa shape index (κ1) is 15.7. The standard InChI is InChI=1S/C11H12F3N3O3/c12-11(13,14)4-1-5-15-10(20)17-7-2-3-8(9(18)19)16-6-7/h2-3,6H,1,4-5H2,(H,18,19)(H2,15,17,20). The van der Waals surface area contributed by atoms with Crippen molar-refractivity contribution in [1.82, 2.24) is 10.3 Å². The average Bonchev–Trinajstić information content (AvgIpc) is 2.34. The smallest absolute Gasteiger partial charge is 0.389 e. The summed E-state index contributed by atoms with van der Waals surface area (Å²) in [7, 11) is 0. The van der Waals surface area contributed by atoms with Crippen molar-refractivity contribution in [2.24, 2.45) is 0 Å². The molecule has 0 spiro atoms. The maximum Gasteiger partial charge on any atom is 0.389 e. The highest BCUT2D eigenvalue weighted by molar-refractivity contribution is 5.90. The van der Waals surface area contributed by atoms with Gasteiger partial charge >= 0.3 is 18.2 Å². The van der Waals surface area contributed by atoms with Crippen molar-refractivity contribution in [1.29, 1.82) is 0 Å². The summed E-state index contributed by atoms with van der Waals surface area (Å²) in [6, 6.07) is 1.84. The van der Waals surface area contributed by atoms with Crippen LogP contribution < -0.4 is 10.6 Å². The monoisotopic (exact) mass is 291 g/mol. The van der Waals surface area contributed by atoms with Gasteiger partial charge < -0.3 is 15.7 Å². The highest BCUT2D eigenvalue weighted by Gasteiger charge is 2.25. The number of pyridine rings is 1. The molecule has 1 heterocycles. The fourth-order valence-electron chi connectivity index (χ4n) is 1.26. The fraction of sp³-hybridized carbons (Fsp3) is 0.364. The molecule has 0 saturated heterocycles. The second-order valence-electron chi connectivity index (χ2n) is 3.84. The van der Waals surface area contributed by atoms with Crippen LogP contribution in [0.2, 0.25) is 0 Å². The predicted octanol–water partition coefficient (Wildman–Crippen LogP) is 2.24. The summed E-state index contributed by atoms with van der Waals surface area (Å²) in [6.45, 7) is -0.119. The van der Waals surface area contributed by atoms with E-state index in [-0.39, 0.29) is 24.3 Å². The molecule has 1 rings (SSSR count). The van der Waals surface area contributed by atoms with Crippen LogP contribution in [-0.4, -0.2) is 34.8 Å². The van der Waals surface area contributed by atoms with Crippen molar-refractivity contribution >= 4 is 17.7 Å². The van der Waals surface area contributed by atoms with Crippen LogP contribution in [0.5, 0.6) is 0 Å². The molecule has 3 N–H and O–H groups in total. The van der Waals surface area contributed by atoms with Gasteiger partial charge in [-0.1, -0.05) is 0 Å². The van der Waals surface area contributed by atoms with E-state index in [1.165, 1.54) is 12.1 Å². The van der Waals surface area contributed by atoms with E-state index in [0.717, 1.165) is 6.20 Å². The molecule has 0 unspecified atom stereocenters. The van der Waals surface area contributed by atoms with Crippen LogP contribution in [0.4, 0.5) is 23.7 Å². The number of urea groups is 1. The SMILES string of the molecule is O=C(NCCCC(F)(F)F)Nc1ccc(C(=O)O)nc1. The number of rotatable bonds is 5. The molecule has 20 heavy (non-hydrogen) atoms. The quantitative estimate of drug-likeness (QED) is 0.725. The van der Waals surface area contributed by atoms with Gasteiger partial charge in [-0.15, -0.1) is 0 Å². The molecule has 0 aromatic carbocycles. The number of carboxylic acid groups (broad SMARTS) is 1. The van der Waals surface area contributed by atoms with E-state index in [4.69, 9.17) is 5.11 Å². The number of halogens is 3. The highest BCUT2D eigenvalue weighted by atomic mass is 19.4. The van der Waals surface area contributed by atoms with Gasteiger partial charge in [-0.25, -0.2) is 14.6 Å². The van der Waals surface area contributed by atoms with Crippen LogP contribution in [0.1, 0.15) is 23.3 Å². The number of aromatic carboxylic acids is 1. The number of carbonyl (C=O) groups excluding carboxylic acids is 1. The van der Waals surface area contributed by atoms with Gasteiger partial charge in [0.05, 0.1) is 11.9 Å². The number of alkyl halides is 3. The molecule has 0 radical (unpaired) electrons. The first-order valence-electron chi connectivity index (χ1n) is 5.59. The van der Waals surface area contributed by atoms with Gasteiger partial charge in [-0.2, -0.15) is 13.2 Å². The van der Waals surface area contributed by atoms with Crippen LogP contribution in [0.15, 0.2) is 18.3 Å². The van der Waals surface area contributed by atoms with E-state index >= 15 is 0 Å². The number of nitrogens with one attached hydrogen (secondary N) is 2. The first-order valence-corrected chi connectivity index (χ1v) is 5.59. The normalized spacial score (nSPS) is 10.9. The number of nitrogens with zero attached hydrogens (tertiary/aromatic N) is 1. The molecule has 1 aromatic heterocycles. The minimum Gasteiger partial charge on any atom is -0.477 e. The number of aromatic nitrogens is 1. The Bertz CT molecular complexity index is 474. The highest BCUT2D eigenvalue weighted by Crippen LogP contribution is 2.20. The van der Waals surface area contributed by atoms with Crippen molar-refractivity contribution < 1.29 is 27.9 Å². The van der Waals surface area contributed by atoms with Crippen LogP contribution in [0, 0.1) is 0 Å². The van der Waals surface area contributed by atoms with Gasteiger partial charge in [-0.05, 0) is 18.6 Å². The van der Waals surface area contributed by atoms with Crippen LogP contribution in [-0.2, 0) is 0 Å². The maximum atomic E-state index is 11.8. The number of anilines is 1. The first-order chi connectivity index (χ1) is 9.28. The molecule has 0 atom stereocenters. The third-order valence-electron chi connectivity index (χ3n) is 2.16. The Balaban J connectivity index is 2.33. The van der Waals surface area contributed by atoms with E-state index in [2.05, 4.69) is 15.6 Å². The van der Waals surface area contributed by atoms with Crippen LogP contribution in [0.25, 0.3) is 0 Å². The summed E-state index contributed by atoms with van der Waals surface area (Å²) in [6.07, 6.45) is -4.29. The summed E-state index contributed by atoms with van der Waals surface area (Å²) in [4.78, 5) is 25.4. The Labute approximate surface area is 112 Å². The molecule has 2 amide bonds. The maximum absolute atomic E-state index is 11.8. The molecule has 6 nitrogen and oxygen atoms in total. The Morgan fingerprint density at radius 2 is 2.00 bits per heavy atom. The van der Waals surface area contributed by atoms with Gasteiger partial charge in [0.2, 0.25) is 0 Å². The number of carboxylic acids is 1. The van der Waals surface area contributed by atoms with Gasteiger partial charge in [0.25, 0.3) is 0 Å².